The maximum Gasteiger partial charge on any atom is 1.00 e. The molecule has 0 aliphatic heterocycles. The Bertz CT molecular complexity index is 2350. The van der Waals surface area contributed by atoms with Crippen LogP contribution in [0, 0.1) is 18.8 Å². The molecule has 374 valence electrons. The number of ether oxygens (including phenoxy) is 5. The summed E-state index contributed by atoms with van der Waals surface area (Å²) >= 11 is 0. The molecule has 17 heteroatoms. The van der Waals surface area contributed by atoms with Crippen LogP contribution in [0.15, 0.2) is 67.3 Å². The molecule has 0 radical (unpaired) electrons. The van der Waals surface area contributed by atoms with E-state index >= 15 is 0 Å². The van der Waals surface area contributed by atoms with Crippen molar-refractivity contribution in [3.63, 3.8) is 0 Å². The van der Waals surface area contributed by atoms with Gasteiger partial charge in [0.1, 0.15) is 23.0 Å². The predicted molar refractivity (Wildman–Crippen MR) is 270 cm³/mol. The van der Waals surface area contributed by atoms with E-state index in [1.807, 2.05) is 58.0 Å². The fourth-order valence-electron chi connectivity index (χ4n) is 8.32. The number of carbonyl (C=O) groups is 3. The minimum atomic E-state index is -0.547. The smallest absolute Gasteiger partial charge is 0.494 e. The molecule has 3 N–H and O–H groups in total. The molecule has 0 bridgehead atoms. The largest absolute Gasteiger partial charge is 1.00 e. The van der Waals surface area contributed by atoms with Gasteiger partial charge in [-0.3, -0.25) is 25.4 Å². The molecule has 7 rings (SSSR count). The third-order valence-corrected chi connectivity index (χ3v) is 11.6. The number of fused-ring (bicyclic) bond motifs is 1. The van der Waals surface area contributed by atoms with Crippen molar-refractivity contribution in [2.75, 3.05) is 42.8 Å². The molecule has 0 unspecified atom stereocenters. The number of rotatable bonds is 17. The zero-order valence-corrected chi connectivity index (χ0v) is 42.7. The summed E-state index contributed by atoms with van der Waals surface area (Å²) in [6.07, 6.45) is 18.9. The van der Waals surface area contributed by atoms with Gasteiger partial charge in [-0.2, -0.15) is 6.07 Å². The topological polar surface area (TPSA) is 190 Å². The summed E-state index contributed by atoms with van der Waals surface area (Å²) in [5.74, 6) is 3.19. The van der Waals surface area contributed by atoms with Gasteiger partial charge < -0.3 is 33.6 Å². The van der Waals surface area contributed by atoms with Gasteiger partial charge in [-0.05, 0) is 109 Å². The summed E-state index contributed by atoms with van der Waals surface area (Å²) in [4.78, 5) is 53.2. The van der Waals surface area contributed by atoms with E-state index in [0.29, 0.717) is 54.2 Å². The Morgan fingerprint density at radius 3 is 1.83 bits per heavy atom. The number of pyridine rings is 4. The maximum absolute atomic E-state index is 12.0. The molecule has 2 aliphatic carbocycles. The predicted octanol–water partition coefficient (Wildman–Crippen LogP) is 8.37. The van der Waals surface area contributed by atoms with Gasteiger partial charge in [0.15, 0.2) is 0 Å². The molecule has 5 aromatic heterocycles. The molecule has 0 atom stereocenters. The van der Waals surface area contributed by atoms with Crippen LogP contribution in [0.25, 0.3) is 11.0 Å². The minimum Gasteiger partial charge on any atom is -0.494 e. The number of hydrogen-bond donors (Lipinski definition) is 3. The first kappa shape index (κ1) is 56.6. The SMILES string of the molecule is CCOc1ccc(Cc2cc3cc(NC(=O)OC(C)C)cnc3n2CC2CCCCC2)nc1.COC(=O)Cc1cc(NC(=O)OC(C)C)cnc1NCC1CCCCC1.[CH2-]c1ccc(OCC)cn1.[Li+]. The van der Waals surface area contributed by atoms with Gasteiger partial charge in [-0.15, -0.1) is 5.69 Å². The first-order chi connectivity index (χ1) is 33.3. The molecule has 2 aliphatic rings. The van der Waals surface area contributed by atoms with E-state index in [1.165, 1.54) is 77.0 Å². The normalized spacial score (nSPS) is 13.7. The average molecular weight is 957 g/mol. The van der Waals surface area contributed by atoms with Crippen molar-refractivity contribution >= 4 is 46.4 Å². The number of nitrogens with zero attached hydrogens (tertiary/aromatic N) is 5. The summed E-state index contributed by atoms with van der Waals surface area (Å²) < 4.78 is 28.1. The van der Waals surface area contributed by atoms with Crippen LogP contribution in [0.4, 0.5) is 26.8 Å². The van der Waals surface area contributed by atoms with Gasteiger partial charge in [0.25, 0.3) is 0 Å². The Hall–Kier alpha value is -5.98. The van der Waals surface area contributed by atoms with Crippen molar-refractivity contribution in [2.24, 2.45) is 11.8 Å². The van der Waals surface area contributed by atoms with Crippen molar-refractivity contribution in [1.82, 2.24) is 24.5 Å². The number of aromatic nitrogens is 5. The van der Waals surface area contributed by atoms with Gasteiger partial charge in [0.05, 0.1) is 75.1 Å². The molecule has 70 heavy (non-hydrogen) atoms. The van der Waals surface area contributed by atoms with E-state index < -0.39 is 12.2 Å². The molecular formula is C53H73LiN8O8. The van der Waals surface area contributed by atoms with Gasteiger partial charge in [0, 0.05) is 41.8 Å². The van der Waals surface area contributed by atoms with Crippen molar-refractivity contribution < 1.29 is 56.9 Å². The Balaban J connectivity index is 0.000000256. The quantitative estimate of drug-likeness (QED) is 0.0349. The number of nitrogens with one attached hydrogen (secondary N) is 3. The van der Waals surface area contributed by atoms with Gasteiger partial charge >= 0.3 is 37.0 Å². The second-order valence-corrected chi connectivity index (χ2v) is 17.9. The third kappa shape index (κ3) is 19.4. The Morgan fingerprint density at radius 2 is 1.29 bits per heavy atom. The van der Waals surface area contributed by atoms with Crippen LogP contribution < -0.4 is 44.3 Å². The zero-order valence-electron chi connectivity index (χ0n) is 42.7. The van der Waals surface area contributed by atoms with Crippen LogP contribution in [0.5, 0.6) is 11.5 Å². The molecule has 2 saturated carbocycles. The number of carbonyl (C=O) groups excluding carboxylic acids is 3. The van der Waals surface area contributed by atoms with E-state index in [0.717, 1.165) is 47.0 Å². The number of hydrogen-bond acceptors (Lipinski definition) is 13. The molecule has 0 aromatic carbocycles. The molecule has 0 saturated heterocycles. The second kappa shape index (κ2) is 29.9. The van der Waals surface area contributed by atoms with Crippen LogP contribution in [0.3, 0.4) is 0 Å². The maximum atomic E-state index is 12.0. The van der Waals surface area contributed by atoms with Crippen LogP contribution in [0.1, 0.15) is 128 Å². The van der Waals surface area contributed by atoms with Crippen molar-refractivity contribution in [1.29, 1.82) is 0 Å². The van der Waals surface area contributed by atoms with E-state index in [9.17, 15) is 14.4 Å². The molecular weight excluding hydrogens is 884 g/mol. The fourth-order valence-corrected chi connectivity index (χ4v) is 8.32. The van der Waals surface area contributed by atoms with E-state index in [4.69, 9.17) is 28.7 Å². The second-order valence-electron chi connectivity index (χ2n) is 17.9. The number of methoxy groups -OCH3 is 1. The molecule has 2 fully saturated rings. The van der Waals surface area contributed by atoms with E-state index in [1.54, 1.807) is 44.7 Å². The summed E-state index contributed by atoms with van der Waals surface area (Å²) in [6, 6.07) is 13.5. The third-order valence-electron chi connectivity index (χ3n) is 11.6. The molecule has 16 nitrogen and oxygen atoms in total. The molecule has 0 spiro atoms. The standard InChI is InChI=1S/C26H34N4O3.C19H29N3O4.C8H10NO.Li/c1-4-32-24-11-10-21(27-16-24)14-23-13-20-12-22(29-26(31)33-18(2)3)15-28-25(20)30(23)17-19-8-6-5-7-9-19;1-13(2)26-19(24)22-16-9-15(10-17(23)25-3)18(21-12-16)20-11-14-7-5-4-6-8-14;1-3-10-8-5-4-7(2)9-6-8;/h10-13,15-16,18-19H,4-9,14,17H2,1-3H3,(H,29,31);9,12-14H,4-8,10-11H2,1-3H3,(H,20,21)(H,22,24);4-6H,2-3H2,1H3;/q;;-1;+1. The summed E-state index contributed by atoms with van der Waals surface area (Å²) in [5, 5.41) is 9.79. The number of amides is 2. The van der Waals surface area contributed by atoms with Crippen LogP contribution in [0.2, 0.25) is 0 Å². The minimum absolute atomic E-state index is 0. The molecule has 2 amide bonds. The molecule has 5 aromatic rings. The monoisotopic (exact) mass is 957 g/mol. The van der Waals surface area contributed by atoms with Gasteiger partial charge in [-0.1, -0.05) is 44.6 Å². The Kier molecular flexibility index (Phi) is 24.2. The Morgan fingerprint density at radius 1 is 0.714 bits per heavy atom. The summed E-state index contributed by atoms with van der Waals surface area (Å²) in [7, 11) is 1.35. The first-order valence-corrected chi connectivity index (χ1v) is 24.5. The van der Waals surface area contributed by atoms with Crippen LogP contribution in [-0.2, 0) is 38.4 Å². The Labute approximate surface area is 426 Å². The van der Waals surface area contributed by atoms with Crippen LogP contribution >= 0.6 is 0 Å². The number of esters is 1. The van der Waals surface area contributed by atoms with Crippen LogP contribution in [-0.4, -0.2) is 81.7 Å². The fraction of sp³-hybridized carbons (Fsp3) is 0.509. The van der Waals surface area contributed by atoms with E-state index in [-0.39, 0.29) is 43.5 Å². The summed E-state index contributed by atoms with van der Waals surface area (Å²) in [6.45, 7) is 17.9. The first-order valence-electron chi connectivity index (χ1n) is 24.5. The van der Waals surface area contributed by atoms with Crippen molar-refractivity contribution in [2.45, 2.75) is 137 Å². The van der Waals surface area contributed by atoms with Crippen molar-refractivity contribution in [3.05, 3.63) is 96.8 Å². The number of anilines is 3. The summed E-state index contributed by atoms with van der Waals surface area (Å²) in [5.41, 5.74) is 5.70. The van der Waals surface area contributed by atoms with E-state index in [2.05, 4.69) is 48.5 Å². The van der Waals surface area contributed by atoms with Gasteiger partial charge in [-0.25, -0.2) is 26.5 Å². The van der Waals surface area contributed by atoms with Crippen molar-refractivity contribution in [3.8, 4) is 11.5 Å². The average Bonchev–Trinajstić information content (AvgIpc) is 3.65. The zero-order chi connectivity index (χ0) is 49.5. The van der Waals surface area contributed by atoms with Gasteiger partial charge in [0.2, 0.25) is 0 Å². The molecule has 5 heterocycles.